The molecule has 5 heteroatoms. The number of esters is 1. The van der Waals surface area contributed by atoms with Gasteiger partial charge >= 0.3 is 5.97 Å². The van der Waals surface area contributed by atoms with E-state index in [9.17, 15) is 4.79 Å². The molecule has 1 fully saturated rings. The van der Waals surface area contributed by atoms with Crippen molar-refractivity contribution in [2.45, 2.75) is 46.1 Å². The first-order valence-electron chi connectivity index (χ1n) is 8.48. The summed E-state index contributed by atoms with van der Waals surface area (Å²) in [5, 5.41) is 3.52. The van der Waals surface area contributed by atoms with E-state index in [4.69, 9.17) is 4.74 Å². The number of likely N-dealkylation sites (N-methyl/N-ethyl adjacent to an activating group) is 1. The third kappa shape index (κ3) is 5.24. The highest BCUT2D eigenvalue weighted by Crippen LogP contribution is 2.24. The van der Waals surface area contributed by atoms with Gasteiger partial charge in [0.25, 0.3) is 0 Å². The van der Waals surface area contributed by atoms with Gasteiger partial charge in [-0.15, -0.1) is 0 Å². The fraction of sp³-hybridized carbons (Fsp3) is 0.938. The smallest absolute Gasteiger partial charge is 0.326 e. The zero-order chi connectivity index (χ0) is 15.7. The largest absolute Gasteiger partial charge is 0.465 e. The molecular formula is C16H33N3O2. The van der Waals surface area contributed by atoms with Crippen LogP contribution in [0.2, 0.25) is 0 Å². The number of rotatable bonds is 9. The van der Waals surface area contributed by atoms with Gasteiger partial charge in [-0.3, -0.25) is 4.79 Å². The van der Waals surface area contributed by atoms with Crippen LogP contribution in [0.4, 0.5) is 0 Å². The predicted octanol–water partition coefficient (Wildman–Crippen LogP) is 1.34. The number of carbonyl (C=O) groups is 1. The summed E-state index contributed by atoms with van der Waals surface area (Å²) in [5.74, 6) is -0.0692. The number of piperidine rings is 1. The van der Waals surface area contributed by atoms with Crippen molar-refractivity contribution < 1.29 is 9.53 Å². The van der Waals surface area contributed by atoms with Crippen LogP contribution in [0.5, 0.6) is 0 Å². The van der Waals surface area contributed by atoms with Crippen LogP contribution in [0.3, 0.4) is 0 Å². The molecule has 0 radical (unpaired) electrons. The molecule has 0 aromatic heterocycles. The van der Waals surface area contributed by atoms with Crippen LogP contribution in [0.1, 0.15) is 40.5 Å². The number of carbonyl (C=O) groups excluding carboxylic acids is 1. The SMILES string of the molecule is CCOC(=O)C1(NCCN(CC)CC)CCN(CC)CC1. The average Bonchev–Trinajstić information content (AvgIpc) is 2.52. The van der Waals surface area contributed by atoms with E-state index in [1.54, 1.807) is 0 Å². The molecular weight excluding hydrogens is 266 g/mol. The molecule has 0 aliphatic carbocycles. The molecule has 1 aliphatic rings. The topological polar surface area (TPSA) is 44.8 Å². The van der Waals surface area contributed by atoms with Crippen LogP contribution in [-0.2, 0) is 9.53 Å². The predicted molar refractivity (Wildman–Crippen MR) is 86.5 cm³/mol. The Balaban J connectivity index is 2.59. The quantitative estimate of drug-likeness (QED) is 0.651. The number of nitrogens with zero attached hydrogens (tertiary/aromatic N) is 2. The molecule has 1 rings (SSSR count). The summed E-state index contributed by atoms with van der Waals surface area (Å²) in [7, 11) is 0. The molecule has 0 saturated carbocycles. The van der Waals surface area contributed by atoms with Crippen molar-refractivity contribution in [2.75, 3.05) is 52.4 Å². The van der Waals surface area contributed by atoms with Gasteiger partial charge in [0.15, 0.2) is 0 Å². The summed E-state index contributed by atoms with van der Waals surface area (Å²) in [6.07, 6.45) is 1.69. The Bertz CT molecular complexity index is 298. The fourth-order valence-corrected chi connectivity index (χ4v) is 2.97. The Morgan fingerprint density at radius 1 is 1.19 bits per heavy atom. The van der Waals surface area contributed by atoms with Crippen LogP contribution < -0.4 is 5.32 Å². The first kappa shape index (κ1) is 18.4. The van der Waals surface area contributed by atoms with Gasteiger partial charge in [0.1, 0.15) is 5.54 Å². The third-order valence-electron chi connectivity index (χ3n) is 4.61. The number of nitrogens with one attached hydrogen (secondary N) is 1. The Morgan fingerprint density at radius 3 is 2.29 bits per heavy atom. The van der Waals surface area contributed by atoms with Gasteiger partial charge in [0.2, 0.25) is 0 Å². The number of likely N-dealkylation sites (tertiary alicyclic amines) is 1. The molecule has 0 aromatic carbocycles. The summed E-state index contributed by atoms with van der Waals surface area (Å²) >= 11 is 0. The monoisotopic (exact) mass is 299 g/mol. The zero-order valence-electron chi connectivity index (χ0n) is 14.3. The van der Waals surface area contributed by atoms with Crippen LogP contribution >= 0.6 is 0 Å². The van der Waals surface area contributed by atoms with Crippen LogP contribution in [0.25, 0.3) is 0 Å². The molecule has 1 saturated heterocycles. The second-order valence-electron chi connectivity index (χ2n) is 5.69. The summed E-state index contributed by atoms with van der Waals surface area (Å²) < 4.78 is 5.33. The highest BCUT2D eigenvalue weighted by Gasteiger charge is 2.41. The number of hydrogen-bond acceptors (Lipinski definition) is 5. The second kappa shape index (κ2) is 9.38. The van der Waals surface area contributed by atoms with E-state index in [2.05, 4.69) is 35.9 Å². The molecule has 0 atom stereocenters. The van der Waals surface area contributed by atoms with Gasteiger partial charge in [-0.25, -0.2) is 0 Å². The Morgan fingerprint density at radius 2 is 1.81 bits per heavy atom. The van der Waals surface area contributed by atoms with Crippen molar-refractivity contribution in [1.82, 2.24) is 15.1 Å². The lowest BCUT2D eigenvalue weighted by Crippen LogP contribution is -2.60. The summed E-state index contributed by atoms with van der Waals surface area (Å²) in [6, 6.07) is 0. The first-order chi connectivity index (χ1) is 10.1. The molecule has 0 aromatic rings. The summed E-state index contributed by atoms with van der Waals surface area (Å²) in [5.41, 5.74) is -0.477. The van der Waals surface area contributed by atoms with E-state index in [1.807, 2.05) is 6.92 Å². The highest BCUT2D eigenvalue weighted by molar-refractivity contribution is 5.81. The maximum absolute atomic E-state index is 12.4. The zero-order valence-corrected chi connectivity index (χ0v) is 14.3. The normalized spacial score (nSPS) is 18.9. The van der Waals surface area contributed by atoms with E-state index < -0.39 is 5.54 Å². The molecule has 0 unspecified atom stereocenters. The van der Waals surface area contributed by atoms with Crippen molar-refractivity contribution in [3.63, 3.8) is 0 Å². The highest BCUT2D eigenvalue weighted by atomic mass is 16.5. The van der Waals surface area contributed by atoms with Crippen molar-refractivity contribution in [3.05, 3.63) is 0 Å². The standard InChI is InChI=1S/C16H33N3O2/c1-5-18(6-2)14-11-17-16(15(20)21-8-4)9-12-19(7-3)13-10-16/h17H,5-14H2,1-4H3. The molecule has 0 bridgehead atoms. The average molecular weight is 299 g/mol. The Hall–Kier alpha value is -0.650. The summed E-state index contributed by atoms with van der Waals surface area (Å²) in [4.78, 5) is 17.2. The number of hydrogen-bond donors (Lipinski definition) is 1. The maximum atomic E-state index is 12.4. The molecule has 124 valence electrons. The van der Waals surface area contributed by atoms with Gasteiger partial charge in [0, 0.05) is 26.2 Å². The van der Waals surface area contributed by atoms with Gasteiger partial charge in [-0.1, -0.05) is 20.8 Å². The molecule has 1 aliphatic heterocycles. The van der Waals surface area contributed by atoms with E-state index in [0.29, 0.717) is 6.61 Å². The lowest BCUT2D eigenvalue weighted by atomic mass is 9.87. The van der Waals surface area contributed by atoms with Gasteiger partial charge in [-0.05, 0) is 39.4 Å². The molecule has 0 spiro atoms. The van der Waals surface area contributed by atoms with E-state index >= 15 is 0 Å². The fourth-order valence-electron chi connectivity index (χ4n) is 2.97. The van der Waals surface area contributed by atoms with E-state index in [1.165, 1.54) is 0 Å². The van der Waals surface area contributed by atoms with E-state index in [-0.39, 0.29) is 5.97 Å². The van der Waals surface area contributed by atoms with Crippen LogP contribution in [-0.4, -0.2) is 73.7 Å². The lowest BCUT2D eigenvalue weighted by molar-refractivity contribution is -0.153. The van der Waals surface area contributed by atoms with Crippen LogP contribution in [0, 0.1) is 0 Å². The molecule has 21 heavy (non-hydrogen) atoms. The van der Waals surface area contributed by atoms with Crippen molar-refractivity contribution in [2.24, 2.45) is 0 Å². The Kier molecular flexibility index (Phi) is 8.22. The first-order valence-corrected chi connectivity index (χ1v) is 8.48. The Labute approximate surface area is 130 Å². The van der Waals surface area contributed by atoms with E-state index in [0.717, 1.165) is 58.7 Å². The second-order valence-corrected chi connectivity index (χ2v) is 5.69. The minimum Gasteiger partial charge on any atom is -0.465 e. The maximum Gasteiger partial charge on any atom is 0.326 e. The van der Waals surface area contributed by atoms with Crippen LogP contribution in [0.15, 0.2) is 0 Å². The summed E-state index contributed by atoms with van der Waals surface area (Å²) in [6.45, 7) is 15.7. The van der Waals surface area contributed by atoms with Gasteiger partial charge < -0.3 is 19.9 Å². The number of ether oxygens (including phenoxy) is 1. The van der Waals surface area contributed by atoms with Gasteiger partial charge in [0.05, 0.1) is 6.61 Å². The van der Waals surface area contributed by atoms with Crippen molar-refractivity contribution in [1.29, 1.82) is 0 Å². The lowest BCUT2D eigenvalue weighted by Gasteiger charge is -2.40. The van der Waals surface area contributed by atoms with Crippen molar-refractivity contribution in [3.8, 4) is 0 Å². The molecule has 5 nitrogen and oxygen atoms in total. The third-order valence-corrected chi connectivity index (χ3v) is 4.61. The minimum absolute atomic E-state index is 0.0692. The molecule has 1 N–H and O–H groups in total. The van der Waals surface area contributed by atoms with Crippen molar-refractivity contribution >= 4 is 5.97 Å². The van der Waals surface area contributed by atoms with Gasteiger partial charge in [-0.2, -0.15) is 0 Å². The minimum atomic E-state index is -0.477. The molecule has 0 amide bonds. The molecule has 1 heterocycles.